The Morgan fingerprint density at radius 2 is 1.50 bits per heavy atom. The van der Waals surface area contributed by atoms with Crippen molar-refractivity contribution in [3.63, 3.8) is 0 Å². The molecule has 1 rings (SSSR count). The zero-order chi connectivity index (χ0) is 12.6. The van der Waals surface area contributed by atoms with Gasteiger partial charge in [-0.1, -0.05) is 59.7 Å². The minimum atomic E-state index is -0.128. The molecule has 0 aliphatic rings. The molecule has 0 amide bonds. The van der Waals surface area contributed by atoms with Gasteiger partial charge in [0.15, 0.2) is 0 Å². The Kier molecular flexibility index (Phi) is 3.49. The fraction of sp³-hybridized carbons (Fsp3) is 0.600. The lowest BCUT2D eigenvalue weighted by Gasteiger charge is -2.26. The molecule has 89 valence electrons. The van der Waals surface area contributed by atoms with Crippen LogP contribution in [0.5, 0.6) is 0 Å². The van der Waals surface area contributed by atoms with Crippen LogP contribution in [0.4, 0.5) is 0 Å². The van der Waals surface area contributed by atoms with Gasteiger partial charge in [-0.2, -0.15) is 0 Å². The molecule has 0 heterocycles. The van der Waals surface area contributed by atoms with Crippen molar-refractivity contribution in [3.05, 3.63) is 34.9 Å². The van der Waals surface area contributed by atoms with Crippen molar-refractivity contribution in [2.45, 2.75) is 59.0 Å². The van der Waals surface area contributed by atoms with Crippen molar-refractivity contribution in [2.24, 2.45) is 0 Å². The molecule has 1 aromatic carbocycles. The van der Waals surface area contributed by atoms with Crippen molar-refractivity contribution >= 4 is 0 Å². The van der Waals surface area contributed by atoms with Gasteiger partial charge >= 0.3 is 0 Å². The SMILES string of the molecule is CC(C)(C)c1ccc(C(C)(C)C)c(C[O])c1. The molecule has 0 N–H and O–H groups in total. The Hall–Kier alpha value is -0.820. The first-order valence-electron chi connectivity index (χ1n) is 5.88. The fourth-order valence-corrected chi connectivity index (χ4v) is 1.91. The number of hydrogen-bond donors (Lipinski definition) is 0. The Balaban J connectivity index is 3.28. The second-order valence-corrected chi connectivity index (χ2v) is 6.52. The van der Waals surface area contributed by atoms with E-state index in [1.807, 2.05) is 0 Å². The third-order valence-electron chi connectivity index (χ3n) is 2.93. The minimum Gasteiger partial charge on any atom is -0.232 e. The zero-order valence-corrected chi connectivity index (χ0v) is 11.3. The molecule has 0 aliphatic carbocycles. The van der Waals surface area contributed by atoms with Gasteiger partial charge in [0.1, 0.15) is 6.61 Å². The summed E-state index contributed by atoms with van der Waals surface area (Å²) in [6.45, 7) is 12.8. The molecule has 1 aromatic rings. The van der Waals surface area contributed by atoms with Crippen molar-refractivity contribution in [1.29, 1.82) is 0 Å². The highest BCUT2D eigenvalue weighted by atomic mass is 16.3. The Morgan fingerprint density at radius 1 is 0.938 bits per heavy atom. The minimum absolute atomic E-state index is 0.0517. The molecule has 1 heteroatoms. The second-order valence-electron chi connectivity index (χ2n) is 6.52. The lowest BCUT2D eigenvalue weighted by Crippen LogP contribution is -2.17. The van der Waals surface area contributed by atoms with E-state index in [9.17, 15) is 5.11 Å². The third-order valence-corrected chi connectivity index (χ3v) is 2.93. The molecule has 1 radical (unpaired) electrons. The van der Waals surface area contributed by atoms with Gasteiger partial charge in [-0.3, -0.25) is 0 Å². The van der Waals surface area contributed by atoms with E-state index >= 15 is 0 Å². The monoisotopic (exact) mass is 219 g/mol. The summed E-state index contributed by atoms with van der Waals surface area (Å²) < 4.78 is 0. The van der Waals surface area contributed by atoms with Crippen molar-refractivity contribution in [3.8, 4) is 0 Å². The third kappa shape index (κ3) is 2.85. The zero-order valence-electron chi connectivity index (χ0n) is 11.3. The molecule has 0 bridgehead atoms. The van der Waals surface area contributed by atoms with Crippen LogP contribution in [-0.2, 0) is 22.5 Å². The van der Waals surface area contributed by atoms with E-state index in [4.69, 9.17) is 0 Å². The summed E-state index contributed by atoms with van der Waals surface area (Å²) in [5, 5.41) is 11.3. The summed E-state index contributed by atoms with van der Waals surface area (Å²) in [5.74, 6) is 0. The lowest BCUT2D eigenvalue weighted by atomic mass is 9.79. The molecule has 0 saturated heterocycles. The summed E-state index contributed by atoms with van der Waals surface area (Å²) in [5.41, 5.74) is 3.53. The molecule has 0 unspecified atom stereocenters. The first-order valence-corrected chi connectivity index (χ1v) is 5.88. The normalized spacial score (nSPS) is 12.9. The average Bonchev–Trinajstić information content (AvgIpc) is 2.14. The van der Waals surface area contributed by atoms with Crippen LogP contribution in [0.2, 0.25) is 0 Å². The molecule has 0 saturated carbocycles. The highest BCUT2D eigenvalue weighted by Gasteiger charge is 2.21. The second kappa shape index (κ2) is 4.21. The van der Waals surface area contributed by atoms with Gasteiger partial charge in [-0.15, -0.1) is 0 Å². The summed E-state index contributed by atoms with van der Waals surface area (Å²) >= 11 is 0. The van der Waals surface area contributed by atoms with E-state index in [-0.39, 0.29) is 17.4 Å². The molecule has 16 heavy (non-hydrogen) atoms. The summed E-state index contributed by atoms with van der Waals surface area (Å²) in [6.07, 6.45) is 0. The fourth-order valence-electron chi connectivity index (χ4n) is 1.91. The van der Waals surface area contributed by atoms with Crippen molar-refractivity contribution in [1.82, 2.24) is 0 Å². The molecule has 0 fully saturated rings. The topological polar surface area (TPSA) is 19.9 Å². The summed E-state index contributed by atoms with van der Waals surface area (Å²) in [4.78, 5) is 0. The maximum absolute atomic E-state index is 11.3. The Labute approximate surface area is 99.5 Å². The molecular weight excluding hydrogens is 196 g/mol. The lowest BCUT2D eigenvalue weighted by molar-refractivity contribution is 0.175. The van der Waals surface area contributed by atoms with E-state index in [2.05, 4.69) is 59.7 Å². The number of hydrogen-bond acceptors (Lipinski definition) is 0. The number of rotatable bonds is 1. The summed E-state index contributed by atoms with van der Waals surface area (Å²) in [7, 11) is 0. The van der Waals surface area contributed by atoms with Gasteiger partial charge in [0.25, 0.3) is 0 Å². The number of benzene rings is 1. The first-order chi connectivity index (χ1) is 7.16. The highest BCUT2D eigenvalue weighted by Crippen LogP contribution is 2.30. The first kappa shape index (κ1) is 13.2. The van der Waals surface area contributed by atoms with Crippen molar-refractivity contribution < 1.29 is 5.11 Å². The van der Waals surface area contributed by atoms with Gasteiger partial charge in [-0.05, 0) is 27.5 Å². The van der Waals surface area contributed by atoms with Crippen LogP contribution in [0, 0.1) is 0 Å². The van der Waals surface area contributed by atoms with E-state index in [1.165, 1.54) is 11.1 Å². The van der Waals surface area contributed by atoms with Crippen LogP contribution in [0.1, 0.15) is 58.2 Å². The maximum Gasteiger partial charge on any atom is 0.108 e. The predicted octanol–water partition coefficient (Wildman–Crippen LogP) is 4.21. The smallest absolute Gasteiger partial charge is 0.108 e. The van der Waals surface area contributed by atoms with E-state index in [0.29, 0.717) is 0 Å². The van der Waals surface area contributed by atoms with Crippen LogP contribution >= 0.6 is 0 Å². The molecule has 0 aromatic heterocycles. The largest absolute Gasteiger partial charge is 0.232 e. The Bertz CT molecular complexity index is 364. The standard InChI is InChI=1S/C15H23O/c1-14(2,3)12-7-8-13(15(4,5)6)11(9-12)10-16/h7-9H,10H2,1-6H3. The maximum atomic E-state index is 11.3. The van der Waals surface area contributed by atoms with Crippen molar-refractivity contribution in [2.75, 3.05) is 0 Å². The molecular formula is C15H23O. The van der Waals surface area contributed by atoms with Gasteiger partial charge in [-0.25, -0.2) is 5.11 Å². The summed E-state index contributed by atoms with van der Waals surface area (Å²) in [6, 6.07) is 6.35. The predicted molar refractivity (Wildman–Crippen MR) is 68.2 cm³/mol. The molecule has 0 aliphatic heterocycles. The Morgan fingerprint density at radius 3 is 1.88 bits per heavy atom. The van der Waals surface area contributed by atoms with Crippen LogP contribution in [0.25, 0.3) is 0 Å². The van der Waals surface area contributed by atoms with Crippen LogP contribution in [0.15, 0.2) is 18.2 Å². The van der Waals surface area contributed by atoms with Gasteiger partial charge < -0.3 is 0 Å². The average molecular weight is 219 g/mol. The van der Waals surface area contributed by atoms with E-state index in [1.54, 1.807) is 0 Å². The van der Waals surface area contributed by atoms with Gasteiger partial charge in [0.2, 0.25) is 0 Å². The van der Waals surface area contributed by atoms with Crippen LogP contribution < -0.4 is 0 Å². The van der Waals surface area contributed by atoms with E-state index < -0.39 is 0 Å². The van der Waals surface area contributed by atoms with Gasteiger partial charge in [0.05, 0.1) is 0 Å². The van der Waals surface area contributed by atoms with Crippen LogP contribution in [0.3, 0.4) is 0 Å². The quantitative estimate of drug-likeness (QED) is 0.674. The van der Waals surface area contributed by atoms with Gasteiger partial charge in [0, 0.05) is 0 Å². The molecule has 1 nitrogen and oxygen atoms in total. The molecule has 0 atom stereocenters. The highest BCUT2D eigenvalue weighted by molar-refractivity contribution is 5.38. The molecule has 0 spiro atoms. The van der Waals surface area contributed by atoms with E-state index in [0.717, 1.165) is 5.56 Å². The van der Waals surface area contributed by atoms with Crippen LogP contribution in [-0.4, -0.2) is 0 Å².